The SMILES string of the molecule is COc1cc(C(=O)C2COC3=C2C(=O)C(=O)c2ccccc23)cc(OC)c1OC. The lowest BCUT2D eigenvalue weighted by atomic mass is 9.81. The summed E-state index contributed by atoms with van der Waals surface area (Å²) in [5.41, 5.74) is 1.19. The third kappa shape index (κ3) is 2.77. The number of carbonyl (C=O) groups is 3. The zero-order chi connectivity index (χ0) is 20.7. The number of benzene rings is 2. The largest absolute Gasteiger partial charge is 0.493 e. The van der Waals surface area contributed by atoms with E-state index in [-0.39, 0.29) is 29.1 Å². The third-order valence-electron chi connectivity index (χ3n) is 5.12. The minimum absolute atomic E-state index is 0.0203. The summed E-state index contributed by atoms with van der Waals surface area (Å²) in [6.07, 6.45) is 0. The van der Waals surface area contributed by atoms with Gasteiger partial charge in [-0.2, -0.15) is 0 Å². The molecule has 1 atom stereocenters. The summed E-state index contributed by atoms with van der Waals surface area (Å²) in [7, 11) is 4.36. The van der Waals surface area contributed by atoms with Gasteiger partial charge >= 0.3 is 0 Å². The molecule has 2 aliphatic rings. The molecule has 1 heterocycles. The second-order valence-corrected chi connectivity index (χ2v) is 6.59. The number of methoxy groups -OCH3 is 3. The van der Waals surface area contributed by atoms with Gasteiger partial charge in [0, 0.05) is 16.7 Å². The van der Waals surface area contributed by atoms with Crippen LogP contribution in [0.15, 0.2) is 42.0 Å². The van der Waals surface area contributed by atoms with E-state index < -0.39 is 17.5 Å². The van der Waals surface area contributed by atoms with Crippen LogP contribution < -0.4 is 14.2 Å². The molecule has 0 saturated carbocycles. The molecule has 0 fully saturated rings. The molecule has 0 N–H and O–H groups in total. The fourth-order valence-electron chi connectivity index (χ4n) is 3.73. The molecule has 0 aromatic heterocycles. The predicted molar refractivity (Wildman–Crippen MR) is 103 cm³/mol. The van der Waals surface area contributed by atoms with Gasteiger partial charge in [-0.15, -0.1) is 0 Å². The van der Waals surface area contributed by atoms with E-state index in [1.165, 1.54) is 33.5 Å². The number of Topliss-reactive ketones (excluding diaryl/α,β-unsaturated/α-hetero) is 3. The zero-order valence-corrected chi connectivity index (χ0v) is 16.1. The lowest BCUT2D eigenvalue weighted by Crippen LogP contribution is -2.29. The van der Waals surface area contributed by atoms with Crippen LogP contribution in [0.1, 0.15) is 26.3 Å². The summed E-state index contributed by atoms with van der Waals surface area (Å²) in [5, 5.41) is 0. The van der Waals surface area contributed by atoms with Crippen molar-refractivity contribution < 1.29 is 33.3 Å². The summed E-state index contributed by atoms with van der Waals surface area (Å²) in [4.78, 5) is 38.6. The maximum Gasteiger partial charge on any atom is 0.234 e. The van der Waals surface area contributed by atoms with E-state index in [9.17, 15) is 14.4 Å². The van der Waals surface area contributed by atoms with Crippen LogP contribution >= 0.6 is 0 Å². The molecule has 29 heavy (non-hydrogen) atoms. The van der Waals surface area contributed by atoms with Gasteiger partial charge in [0.2, 0.25) is 17.3 Å². The van der Waals surface area contributed by atoms with Crippen LogP contribution in [0.4, 0.5) is 0 Å². The number of carbonyl (C=O) groups excluding carboxylic acids is 3. The van der Waals surface area contributed by atoms with Crippen LogP contribution in [-0.4, -0.2) is 45.3 Å². The average Bonchev–Trinajstić information content (AvgIpc) is 3.21. The van der Waals surface area contributed by atoms with E-state index >= 15 is 0 Å². The van der Waals surface area contributed by atoms with Crippen molar-refractivity contribution in [1.29, 1.82) is 0 Å². The van der Waals surface area contributed by atoms with E-state index in [0.29, 0.717) is 28.6 Å². The van der Waals surface area contributed by atoms with Crippen LogP contribution in [0.3, 0.4) is 0 Å². The second-order valence-electron chi connectivity index (χ2n) is 6.59. The summed E-state index contributed by atoms with van der Waals surface area (Å²) in [5.74, 6) is -1.30. The van der Waals surface area contributed by atoms with Gasteiger partial charge in [0.1, 0.15) is 12.4 Å². The summed E-state index contributed by atoms with van der Waals surface area (Å²) >= 11 is 0. The van der Waals surface area contributed by atoms with Gasteiger partial charge in [0.15, 0.2) is 17.3 Å². The number of fused-ring (bicyclic) bond motifs is 2. The Labute approximate surface area is 166 Å². The van der Waals surface area contributed by atoms with Crippen molar-refractivity contribution in [1.82, 2.24) is 0 Å². The molecule has 1 unspecified atom stereocenters. The zero-order valence-electron chi connectivity index (χ0n) is 16.1. The highest BCUT2D eigenvalue weighted by Gasteiger charge is 2.44. The monoisotopic (exact) mass is 394 g/mol. The quantitative estimate of drug-likeness (QED) is 0.569. The Balaban J connectivity index is 1.80. The van der Waals surface area contributed by atoms with Gasteiger partial charge in [-0.3, -0.25) is 14.4 Å². The Bertz CT molecular complexity index is 1060. The fourth-order valence-corrected chi connectivity index (χ4v) is 3.73. The van der Waals surface area contributed by atoms with Crippen LogP contribution in [0.2, 0.25) is 0 Å². The van der Waals surface area contributed by atoms with Gasteiger partial charge in [-0.1, -0.05) is 24.3 Å². The molecule has 7 nitrogen and oxygen atoms in total. The molecule has 0 amide bonds. The molecule has 7 heteroatoms. The van der Waals surface area contributed by atoms with Gasteiger partial charge in [0.05, 0.1) is 32.8 Å². The number of hydrogen-bond acceptors (Lipinski definition) is 7. The molecule has 0 bridgehead atoms. The molecular formula is C22H18O7. The molecule has 1 aliphatic heterocycles. The first-order valence-corrected chi connectivity index (χ1v) is 8.91. The van der Waals surface area contributed by atoms with Crippen LogP contribution in [-0.2, 0) is 9.53 Å². The minimum atomic E-state index is -0.891. The molecule has 0 saturated heterocycles. The smallest absolute Gasteiger partial charge is 0.234 e. The van der Waals surface area contributed by atoms with E-state index in [1.807, 2.05) is 0 Å². The summed E-state index contributed by atoms with van der Waals surface area (Å²) in [6.45, 7) is -0.0203. The van der Waals surface area contributed by atoms with Gasteiger partial charge < -0.3 is 18.9 Å². The van der Waals surface area contributed by atoms with Gasteiger partial charge in [0.25, 0.3) is 0 Å². The van der Waals surface area contributed by atoms with E-state index in [4.69, 9.17) is 18.9 Å². The minimum Gasteiger partial charge on any atom is -0.493 e. The number of ketones is 3. The summed E-state index contributed by atoms with van der Waals surface area (Å²) < 4.78 is 21.6. The van der Waals surface area contributed by atoms with Crippen LogP contribution in [0, 0.1) is 5.92 Å². The van der Waals surface area contributed by atoms with Gasteiger partial charge in [-0.25, -0.2) is 0 Å². The molecular weight excluding hydrogens is 376 g/mol. The highest BCUT2D eigenvalue weighted by atomic mass is 16.5. The fraction of sp³-hybridized carbons (Fsp3) is 0.227. The Hall–Kier alpha value is -3.61. The molecule has 4 rings (SSSR count). The van der Waals surface area contributed by atoms with Gasteiger partial charge in [-0.05, 0) is 12.1 Å². The Morgan fingerprint density at radius 1 is 0.931 bits per heavy atom. The van der Waals surface area contributed by atoms with Crippen LogP contribution in [0.25, 0.3) is 5.76 Å². The highest BCUT2D eigenvalue weighted by Crippen LogP contribution is 2.43. The maximum atomic E-state index is 13.3. The lowest BCUT2D eigenvalue weighted by Gasteiger charge is -2.18. The third-order valence-corrected chi connectivity index (χ3v) is 5.12. The topological polar surface area (TPSA) is 88.1 Å². The van der Waals surface area contributed by atoms with E-state index in [2.05, 4.69) is 0 Å². The van der Waals surface area contributed by atoms with Crippen molar-refractivity contribution in [3.63, 3.8) is 0 Å². The summed E-state index contributed by atoms with van der Waals surface area (Å²) in [6, 6.07) is 9.77. The van der Waals surface area contributed by atoms with Crippen molar-refractivity contribution in [2.24, 2.45) is 5.92 Å². The van der Waals surface area contributed by atoms with Crippen molar-refractivity contribution in [3.05, 3.63) is 58.7 Å². The van der Waals surface area contributed by atoms with E-state index in [1.54, 1.807) is 24.3 Å². The molecule has 0 spiro atoms. The van der Waals surface area contributed by atoms with E-state index in [0.717, 1.165) is 0 Å². The number of ether oxygens (including phenoxy) is 4. The first-order chi connectivity index (χ1) is 14.0. The first kappa shape index (κ1) is 18.7. The van der Waals surface area contributed by atoms with Crippen LogP contribution in [0.5, 0.6) is 17.2 Å². The molecule has 2 aromatic rings. The maximum absolute atomic E-state index is 13.3. The number of rotatable bonds is 5. The number of hydrogen-bond donors (Lipinski definition) is 0. The standard InChI is InChI=1S/C22H18O7/c1-26-15-8-11(9-16(27-2)22(15)28-3)18(23)14-10-29-21-13-7-5-4-6-12(13)19(24)20(25)17(14)21/h4-9,14H,10H2,1-3H3. The Morgan fingerprint density at radius 3 is 2.14 bits per heavy atom. The first-order valence-electron chi connectivity index (χ1n) is 8.91. The normalized spacial score (nSPS) is 17.4. The predicted octanol–water partition coefficient (Wildman–Crippen LogP) is 2.72. The van der Waals surface area contributed by atoms with Crippen molar-refractivity contribution in [3.8, 4) is 17.2 Å². The molecule has 2 aromatic carbocycles. The van der Waals surface area contributed by atoms with Crippen molar-refractivity contribution in [2.75, 3.05) is 27.9 Å². The van der Waals surface area contributed by atoms with Crippen molar-refractivity contribution >= 4 is 23.1 Å². The lowest BCUT2D eigenvalue weighted by molar-refractivity contribution is -0.112. The van der Waals surface area contributed by atoms with Crippen molar-refractivity contribution in [2.45, 2.75) is 0 Å². The Kier molecular flexibility index (Phi) is 4.58. The molecule has 1 aliphatic carbocycles. The second kappa shape index (κ2) is 7.09. The molecule has 148 valence electrons. The Morgan fingerprint density at radius 2 is 1.55 bits per heavy atom. The average molecular weight is 394 g/mol. The molecule has 0 radical (unpaired) electrons. The highest BCUT2D eigenvalue weighted by molar-refractivity contribution is 6.53.